The first-order valence-corrected chi connectivity index (χ1v) is 6.99. The van der Waals surface area contributed by atoms with Crippen molar-refractivity contribution >= 4 is 0 Å². The summed E-state index contributed by atoms with van der Waals surface area (Å²) in [5.41, 5.74) is 7.84. The predicted molar refractivity (Wildman–Crippen MR) is 78.4 cm³/mol. The van der Waals surface area contributed by atoms with Gasteiger partial charge >= 0.3 is 0 Å². The zero-order valence-electron chi connectivity index (χ0n) is 11.9. The molecular formula is C16H18N2O3. The van der Waals surface area contributed by atoms with E-state index in [1.54, 1.807) is 6.20 Å². The minimum absolute atomic E-state index is 0.0205. The SMILES string of the molecule is CC[C@H](N)c1ccc(OCc2ccc3c(c2)OCO3)cn1. The molecule has 1 aliphatic heterocycles. The average Bonchev–Trinajstić information content (AvgIpc) is 3.00. The van der Waals surface area contributed by atoms with Crippen LogP contribution in [0.15, 0.2) is 36.5 Å². The molecule has 21 heavy (non-hydrogen) atoms. The van der Waals surface area contributed by atoms with Crippen LogP contribution in [0.3, 0.4) is 0 Å². The van der Waals surface area contributed by atoms with Gasteiger partial charge in [0.25, 0.3) is 0 Å². The first-order chi connectivity index (χ1) is 10.3. The number of hydrogen-bond acceptors (Lipinski definition) is 5. The minimum Gasteiger partial charge on any atom is -0.487 e. The first kappa shape index (κ1) is 13.7. The molecule has 2 aromatic rings. The average molecular weight is 286 g/mol. The highest BCUT2D eigenvalue weighted by molar-refractivity contribution is 5.44. The van der Waals surface area contributed by atoms with Gasteiger partial charge in [0.05, 0.1) is 11.9 Å². The quantitative estimate of drug-likeness (QED) is 0.915. The lowest BCUT2D eigenvalue weighted by molar-refractivity contribution is 0.174. The van der Waals surface area contributed by atoms with Gasteiger partial charge in [-0.1, -0.05) is 13.0 Å². The number of rotatable bonds is 5. The van der Waals surface area contributed by atoms with Gasteiger partial charge in [0.2, 0.25) is 6.79 Å². The van der Waals surface area contributed by atoms with Crippen LogP contribution in [0.2, 0.25) is 0 Å². The minimum atomic E-state index is -0.0205. The molecule has 0 fully saturated rings. The van der Waals surface area contributed by atoms with Crippen molar-refractivity contribution in [1.82, 2.24) is 4.98 Å². The third-order valence-corrected chi connectivity index (χ3v) is 3.42. The zero-order valence-corrected chi connectivity index (χ0v) is 11.9. The second-order valence-corrected chi connectivity index (χ2v) is 4.91. The van der Waals surface area contributed by atoms with Crippen LogP contribution >= 0.6 is 0 Å². The van der Waals surface area contributed by atoms with Crippen LogP contribution in [0.5, 0.6) is 17.2 Å². The van der Waals surface area contributed by atoms with E-state index in [4.69, 9.17) is 19.9 Å². The van der Waals surface area contributed by atoms with Gasteiger partial charge in [-0.15, -0.1) is 0 Å². The molecule has 1 aromatic heterocycles. The molecule has 0 unspecified atom stereocenters. The second kappa shape index (κ2) is 6.01. The highest BCUT2D eigenvalue weighted by atomic mass is 16.7. The normalized spacial score (nSPS) is 14.0. The van der Waals surface area contributed by atoms with Gasteiger partial charge in [-0.2, -0.15) is 0 Å². The van der Waals surface area contributed by atoms with Crippen LogP contribution < -0.4 is 19.9 Å². The Morgan fingerprint density at radius 3 is 2.86 bits per heavy atom. The highest BCUT2D eigenvalue weighted by Crippen LogP contribution is 2.32. The Morgan fingerprint density at radius 2 is 2.10 bits per heavy atom. The summed E-state index contributed by atoms with van der Waals surface area (Å²) in [4.78, 5) is 4.32. The Balaban J connectivity index is 1.62. The third kappa shape index (κ3) is 3.08. The molecule has 0 bridgehead atoms. The maximum absolute atomic E-state index is 5.93. The summed E-state index contributed by atoms with van der Waals surface area (Å²) in [7, 11) is 0. The molecule has 2 heterocycles. The summed E-state index contributed by atoms with van der Waals surface area (Å²) >= 11 is 0. The second-order valence-electron chi connectivity index (χ2n) is 4.91. The van der Waals surface area contributed by atoms with Crippen molar-refractivity contribution in [2.75, 3.05) is 6.79 Å². The van der Waals surface area contributed by atoms with E-state index in [0.717, 1.165) is 34.9 Å². The van der Waals surface area contributed by atoms with Crippen molar-refractivity contribution in [3.05, 3.63) is 47.8 Å². The molecule has 0 aliphatic carbocycles. The summed E-state index contributed by atoms with van der Waals surface area (Å²) in [6.07, 6.45) is 2.57. The summed E-state index contributed by atoms with van der Waals surface area (Å²) in [6, 6.07) is 9.56. The van der Waals surface area contributed by atoms with Crippen LogP contribution in [0.4, 0.5) is 0 Å². The number of pyridine rings is 1. The van der Waals surface area contributed by atoms with Gasteiger partial charge in [0.15, 0.2) is 11.5 Å². The van der Waals surface area contributed by atoms with Crippen molar-refractivity contribution in [3.8, 4) is 17.2 Å². The monoisotopic (exact) mass is 286 g/mol. The molecule has 110 valence electrons. The fourth-order valence-electron chi connectivity index (χ4n) is 2.10. The molecule has 1 aromatic carbocycles. The number of benzene rings is 1. The van der Waals surface area contributed by atoms with Gasteiger partial charge in [0, 0.05) is 6.04 Å². The van der Waals surface area contributed by atoms with Gasteiger partial charge in [0.1, 0.15) is 12.4 Å². The Hall–Kier alpha value is -2.27. The van der Waals surface area contributed by atoms with Crippen LogP contribution in [-0.4, -0.2) is 11.8 Å². The predicted octanol–water partition coefficient (Wildman–Crippen LogP) is 2.80. The lowest BCUT2D eigenvalue weighted by Gasteiger charge is -2.10. The molecule has 0 saturated carbocycles. The van der Waals surface area contributed by atoms with Crippen molar-refractivity contribution in [2.45, 2.75) is 26.0 Å². The van der Waals surface area contributed by atoms with Gasteiger partial charge in [-0.3, -0.25) is 4.98 Å². The zero-order chi connectivity index (χ0) is 14.7. The van der Waals surface area contributed by atoms with Crippen LogP contribution in [0.1, 0.15) is 30.6 Å². The Labute approximate surface area is 123 Å². The number of aromatic nitrogens is 1. The number of nitrogens with zero attached hydrogens (tertiary/aromatic N) is 1. The molecule has 1 atom stereocenters. The Bertz CT molecular complexity index is 613. The van der Waals surface area contributed by atoms with Crippen LogP contribution in [0, 0.1) is 0 Å². The summed E-state index contributed by atoms with van der Waals surface area (Å²) in [6.45, 7) is 2.77. The smallest absolute Gasteiger partial charge is 0.231 e. The Morgan fingerprint density at radius 1 is 1.24 bits per heavy atom. The number of hydrogen-bond donors (Lipinski definition) is 1. The lowest BCUT2D eigenvalue weighted by atomic mass is 10.1. The van der Waals surface area contributed by atoms with Gasteiger partial charge < -0.3 is 19.9 Å². The largest absolute Gasteiger partial charge is 0.487 e. The number of nitrogens with two attached hydrogens (primary N) is 1. The van der Waals surface area contributed by atoms with E-state index < -0.39 is 0 Å². The van der Waals surface area contributed by atoms with Crippen LogP contribution in [-0.2, 0) is 6.61 Å². The van der Waals surface area contributed by atoms with E-state index in [-0.39, 0.29) is 12.8 Å². The van der Waals surface area contributed by atoms with Crippen molar-refractivity contribution < 1.29 is 14.2 Å². The first-order valence-electron chi connectivity index (χ1n) is 6.99. The summed E-state index contributed by atoms with van der Waals surface area (Å²) in [5, 5.41) is 0. The fraction of sp³-hybridized carbons (Fsp3) is 0.312. The Kier molecular flexibility index (Phi) is 3.92. The van der Waals surface area contributed by atoms with Crippen molar-refractivity contribution in [2.24, 2.45) is 5.73 Å². The molecule has 5 nitrogen and oxygen atoms in total. The molecule has 5 heteroatoms. The molecule has 3 rings (SSSR count). The standard InChI is InChI=1S/C16H18N2O3/c1-2-13(17)14-5-4-12(8-18-14)19-9-11-3-6-15-16(7-11)21-10-20-15/h3-8,13H,2,9-10,17H2,1H3/t13-/m0/s1. The van der Waals surface area contributed by atoms with E-state index in [0.29, 0.717) is 6.61 Å². The third-order valence-electron chi connectivity index (χ3n) is 3.42. The maximum atomic E-state index is 5.93. The molecular weight excluding hydrogens is 268 g/mol. The van der Waals surface area contributed by atoms with E-state index in [2.05, 4.69) is 4.98 Å². The molecule has 0 amide bonds. The van der Waals surface area contributed by atoms with Gasteiger partial charge in [-0.05, 0) is 36.2 Å². The molecule has 2 N–H and O–H groups in total. The highest BCUT2D eigenvalue weighted by Gasteiger charge is 2.13. The summed E-state index contributed by atoms with van der Waals surface area (Å²) in [5.74, 6) is 2.26. The number of ether oxygens (including phenoxy) is 3. The van der Waals surface area contributed by atoms with Crippen molar-refractivity contribution in [1.29, 1.82) is 0 Å². The maximum Gasteiger partial charge on any atom is 0.231 e. The summed E-state index contributed by atoms with van der Waals surface area (Å²) < 4.78 is 16.3. The fourth-order valence-corrected chi connectivity index (χ4v) is 2.10. The van der Waals surface area contributed by atoms with E-state index >= 15 is 0 Å². The van der Waals surface area contributed by atoms with Gasteiger partial charge in [-0.25, -0.2) is 0 Å². The lowest BCUT2D eigenvalue weighted by Crippen LogP contribution is -2.10. The molecule has 0 spiro atoms. The number of fused-ring (bicyclic) bond motifs is 1. The van der Waals surface area contributed by atoms with Crippen LogP contribution in [0.25, 0.3) is 0 Å². The molecule has 0 radical (unpaired) electrons. The topological polar surface area (TPSA) is 66.6 Å². The van der Waals surface area contributed by atoms with E-state index in [1.807, 2.05) is 37.3 Å². The molecule has 0 saturated heterocycles. The van der Waals surface area contributed by atoms with E-state index in [1.165, 1.54) is 0 Å². The van der Waals surface area contributed by atoms with Crippen molar-refractivity contribution in [3.63, 3.8) is 0 Å². The van der Waals surface area contributed by atoms with E-state index in [9.17, 15) is 0 Å². The molecule has 1 aliphatic rings.